The normalized spacial score (nSPS) is 15.8. The van der Waals surface area contributed by atoms with Gasteiger partial charge in [-0.1, -0.05) is 0 Å². The molecule has 110 valence electrons. The summed E-state index contributed by atoms with van der Waals surface area (Å²) in [5.74, 6) is -0.236. The first-order valence-corrected chi connectivity index (χ1v) is 7.47. The fraction of sp³-hybridized carbons (Fsp3) is 0.357. The number of amides is 2. The Morgan fingerprint density at radius 1 is 1.43 bits per heavy atom. The van der Waals surface area contributed by atoms with Crippen LogP contribution in [0, 0.1) is 6.92 Å². The number of aryl methyl sites for hydroxylation is 1. The lowest BCUT2D eigenvalue weighted by Gasteiger charge is -2.31. The Labute approximate surface area is 126 Å². The monoisotopic (exact) mass is 304 g/mol. The number of pyridine rings is 1. The maximum atomic E-state index is 12.6. The molecule has 0 bridgehead atoms. The van der Waals surface area contributed by atoms with Gasteiger partial charge in [-0.25, -0.2) is 4.98 Å². The van der Waals surface area contributed by atoms with Crippen molar-refractivity contribution in [2.24, 2.45) is 0 Å². The minimum absolute atomic E-state index is 0.0522. The predicted molar refractivity (Wildman–Crippen MR) is 82.3 cm³/mol. The molecule has 0 aromatic carbocycles. The molecule has 0 saturated carbocycles. The highest BCUT2D eigenvalue weighted by atomic mass is 32.1. The van der Waals surface area contributed by atoms with Crippen molar-refractivity contribution in [1.82, 2.24) is 14.8 Å². The molecule has 0 atom stereocenters. The Morgan fingerprint density at radius 2 is 2.19 bits per heavy atom. The smallest absolute Gasteiger partial charge is 0.266 e. The van der Waals surface area contributed by atoms with E-state index in [0.717, 1.165) is 15.8 Å². The SMILES string of the molecule is Cc1ccnc2sc(C(=O)N3CCN(C)C(=O)C3)c(N)c12. The van der Waals surface area contributed by atoms with E-state index < -0.39 is 0 Å². The van der Waals surface area contributed by atoms with E-state index in [1.807, 2.05) is 13.0 Å². The summed E-state index contributed by atoms with van der Waals surface area (Å²) in [5.41, 5.74) is 7.61. The molecule has 1 saturated heterocycles. The number of nitrogens with zero attached hydrogens (tertiary/aromatic N) is 3. The van der Waals surface area contributed by atoms with Gasteiger partial charge in [0.1, 0.15) is 16.3 Å². The second-order valence-corrected chi connectivity index (χ2v) is 6.19. The van der Waals surface area contributed by atoms with Crippen molar-refractivity contribution in [1.29, 1.82) is 0 Å². The number of anilines is 1. The molecule has 1 fully saturated rings. The van der Waals surface area contributed by atoms with E-state index in [0.29, 0.717) is 23.7 Å². The average molecular weight is 304 g/mol. The summed E-state index contributed by atoms with van der Waals surface area (Å²) < 4.78 is 0. The fourth-order valence-electron chi connectivity index (χ4n) is 2.44. The maximum Gasteiger partial charge on any atom is 0.266 e. The van der Waals surface area contributed by atoms with Crippen molar-refractivity contribution in [3.63, 3.8) is 0 Å². The van der Waals surface area contributed by atoms with Crippen LogP contribution in [0.3, 0.4) is 0 Å². The van der Waals surface area contributed by atoms with Crippen LogP contribution in [0.5, 0.6) is 0 Å². The predicted octanol–water partition coefficient (Wildman–Crippen LogP) is 1.10. The number of aromatic nitrogens is 1. The van der Waals surface area contributed by atoms with E-state index in [1.165, 1.54) is 11.3 Å². The number of rotatable bonds is 1. The van der Waals surface area contributed by atoms with Gasteiger partial charge in [0.2, 0.25) is 5.91 Å². The highest BCUT2D eigenvalue weighted by Gasteiger charge is 2.28. The molecule has 0 radical (unpaired) electrons. The van der Waals surface area contributed by atoms with Gasteiger partial charge in [0.15, 0.2) is 0 Å². The van der Waals surface area contributed by atoms with E-state index in [9.17, 15) is 9.59 Å². The molecule has 0 aliphatic carbocycles. The van der Waals surface area contributed by atoms with Crippen LogP contribution in [-0.4, -0.2) is 53.3 Å². The first-order valence-electron chi connectivity index (χ1n) is 6.66. The molecular weight excluding hydrogens is 288 g/mol. The van der Waals surface area contributed by atoms with Crippen LogP contribution in [0.1, 0.15) is 15.2 Å². The highest BCUT2D eigenvalue weighted by molar-refractivity contribution is 7.21. The summed E-state index contributed by atoms with van der Waals surface area (Å²) in [6, 6.07) is 1.87. The summed E-state index contributed by atoms with van der Waals surface area (Å²) in [5, 5.41) is 0.839. The molecule has 21 heavy (non-hydrogen) atoms. The zero-order chi connectivity index (χ0) is 15.1. The van der Waals surface area contributed by atoms with Gasteiger partial charge in [-0.3, -0.25) is 9.59 Å². The zero-order valence-electron chi connectivity index (χ0n) is 11.9. The van der Waals surface area contributed by atoms with Crippen LogP contribution in [0.4, 0.5) is 5.69 Å². The van der Waals surface area contributed by atoms with Crippen LogP contribution in [0.2, 0.25) is 0 Å². The topological polar surface area (TPSA) is 79.5 Å². The number of carbonyl (C=O) groups is 2. The van der Waals surface area contributed by atoms with Crippen molar-refractivity contribution in [3.05, 3.63) is 22.7 Å². The Bertz CT molecular complexity index is 740. The van der Waals surface area contributed by atoms with Crippen molar-refractivity contribution < 1.29 is 9.59 Å². The van der Waals surface area contributed by atoms with E-state index >= 15 is 0 Å². The second kappa shape index (κ2) is 5.00. The Hall–Kier alpha value is -2.15. The molecule has 3 heterocycles. The number of likely N-dealkylation sites (N-methyl/N-ethyl adjacent to an activating group) is 1. The van der Waals surface area contributed by atoms with E-state index in [1.54, 1.807) is 23.0 Å². The molecule has 2 aromatic rings. The fourth-order valence-corrected chi connectivity index (χ4v) is 3.55. The highest BCUT2D eigenvalue weighted by Crippen LogP contribution is 2.35. The maximum absolute atomic E-state index is 12.6. The Kier molecular flexibility index (Phi) is 3.29. The lowest BCUT2D eigenvalue weighted by atomic mass is 10.1. The van der Waals surface area contributed by atoms with Crippen LogP contribution in [0.15, 0.2) is 12.3 Å². The quantitative estimate of drug-likeness (QED) is 0.855. The molecule has 1 aliphatic heterocycles. The number of hydrogen-bond acceptors (Lipinski definition) is 5. The summed E-state index contributed by atoms with van der Waals surface area (Å²) in [6.07, 6.45) is 1.71. The third-order valence-electron chi connectivity index (χ3n) is 3.78. The molecule has 3 rings (SSSR count). The van der Waals surface area contributed by atoms with E-state index in [-0.39, 0.29) is 18.4 Å². The number of thiophene rings is 1. The molecule has 7 heteroatoms. The average Bonchev–Trinajstić information content (AvgIpc) is 2.80. The van der Waals surface area contributed by atoms with Gasteiger partial charge in [0, 0.05) is 31.7 Å². The third-order valence-corrected chi connectivity index (χ3v) is 4.88. The first-order chi connectivity index (χ1) is 9.99. The number of carbonyl (C=O) groups excluding carboxylic acids is 2. The van der Waals surface area contributed by atoms with E-state index in [4.69, 9.17) is 5.73 Å². The van der Waals surface area contributed by atoms with Crippen LogP contribution < -0.4 is 5.73 Å². The van der Waals surface area contributed by atoms with Crippen molar-refractivity contribution in [3.8, 4) is 0 Å². The Balaban J connectivity index is 1.97. The second-order valence-electron chi connectivity index (χ2n) is 5.19. The molecule has 6 nitrogen and oxygen atoms in total. The van der Waals surface area contributed by atoms with E-state index in [2.05, 4.69) is 4.98 Å². The summed E-state index contributed by atoms with van der Waals surface area (Å²) in [4.78, 5) is 33.0. The number of nitrogens with two attached hydrogens (primary N) is 1. The van der Waals surface area contributed by atoms with Crippen LogP contribution >= 0.6 is 11.3 Å². The van der Waals surface area contributed by atoms with Gasteiger partial charge in [-0.05, 0) is 18.6 Å². The van der Waals surface area contributed by atoms with Crippen LogP contribution in [0.25, 0.3) is 10.2 Å². The molecular formula is C14H16N4O2S. The first kappa shape index (κ1) is 13.8. The summed E-state index contributed by atoms with van der Waals surface area (Å²) in [7, 11) is 1.74. The summed E-state index contributed by atoms with van der Waals surface area (Å²) in [6.45, 7) is 3.13. The number of nitrogen functional groups attached to an aromatic ring is 1. The van der Waals surface area contributed by atoms with Gasteiger partial charge in [0.05, 0.1) is 5.69 Å². The molecule has 2 amide bonds. The van der Waals surface area contributed by atoms with Gasteiger partial charge >= 0.3 is 0 Å². The van der Waals surface area contributed by atoms with Gasteiger partial charge in [0.25, 0.3) is 5.91 Å². The summed E-state index contributed by atoms with van der Waals surface area (Å²) >= 11 is 1.29. The minimum atomic E-state index is -0.184. The lowest BCUT2D eigenvalue weighted by Crippen LogP contribution is -2.50. The minimum Gasteiger partial charge on any atom is -0.397 e. The van der Waals surface area contributed by atoms with Gasteiger partial charge in [-0.2, -0.15) is 0 Å². The Morgan fingerprint density at radius 3 is 2.86 bits per heavy atom. The van der Waals surface area contributed by atoms with Gasteiger partial charge in [-0.15, -0.1) is 11.3 Å². The number of hydrogen-bond donors (Lipinski definition) is 1. The lowest BCUT2D eigenvalue weighted by molar-refractivity contribution is -0.133. The largest absolute Gasteiger partial charge is 0.397 e. The van der Waals surface area contributed by atoms with Crippen molar-refractivity contribution in [2.45, 2.75) is 6.92 Å². The molecule has 2 N–H and O–H groups in total. The third kappa shape index (κ3) is 2.23. The van der Waals surface area contributed by atoms with Gasteiger partial charge < -0.3 is 15.5 Å². The van der Waals surface area contributed by atoms with Crippen molar-refractivity contribution in [2.75, 3.05) is 32.4 Å². The molecule has 2 aromatic heterocycles. The van der Waals surface area contributed by atoms with Crippen molar-refractivity contribution >= 4 is 39.1 Å². The standard InChI is InChI=1S/C14H16N4O2S/c1-8-3-4-16-13-10(8)11(15)12(21-13)14(20)18-6-5-17(2)9(19)7-18/h3-4H,5-7,15H2,1-2H3. The molecule has 0 unspecified atom stereocenters. The van der Waals surface area contributed by atoms with Crippen LogP contribution in [-0.2, 0) is 4.79 Å². The number of piperazine rings is 1. The molecule has 1 aliphatic rings. The number of fused-ring (bicyclic) bond motifs is 1. The zero-order valence-corrected chi connectivity index (χ0v) is 12.7. The molecule has 0 spiro atoms.